The molecule has 0 aromatic heterocycles. The van der Waals surface area contributed by atoms with Gasteiger partial charge in [-0.25, -0.2) is 0 Å². The number of para-hydroxylation sites is 1. The molecule has 142 valence electrons. The van der Waals surface area contributed by atoms with E-state index in [1.807, 2.05) is 54.6 Å². The molecule has 2 atom stereocenters. The van der Waals surface area contributed by atoms with Crippen molar-refractivity contribution < 1.29 is 14.3 Å². The summed E-state index contributed by atoms with van der Waals surface area (Å²) in [4.78, 5) is 13.0. The third-order valence-corrected chi connectivity index (χ3v) is 5.72. The Hall–Kier alpha value is -3.58. The van der Waals surface area contributed by atoms with Crippen molar-refractivity contribution in [3.05, 3.63) is 83.4 Å². The maximum atomic E-state index is 13.0. The van der Waals surface area contributed by atoms with Gasteiger partial charge >= 0.3 is 0 Å². The van der Waals surface area contributed by atoms with Crippen LogP contribution in [-0.4, -0.2) is 18.5 Å². The smallest absolute Gasteiger partial charge is 0.170 e. The van der Waals surface area contributed by atoms with E-state index in [2.05, 4.69) is 12.1 Å². The predicted octanol–water partition coefficient (Wildman–Crippen LogP) is 5.13. The van der Waals surface area contributed by atoms with Crippen molar-refractivity contribution in [2.45, 2.75) is 24.9 Å². The normalized spacial score (nSPS) is 19.9. The lowest BCUT2D eigenvalue weighted by molar-refractivity contribution is 0.0765. The van der Waals surface area contributed by atoms with Gasteiger partial charge in [0.15, 0.2) is 5.78 Å². The Morgan fingerprint density at radius 1 is 0.931 bits per heavy atom. The minimum Gasteiger partial charge on any atom is -0.493 e. The molecule has 2 aliphatic rings. The molecule has 2 heterocycles. The van der Waals surface area contributed by atoms with Crippen LogP contribution in [0.3, 0.4) is 0 Å². The molecule has 2 unspecified atom stereocenters. The summed E-state index contributed by atoms with van der Waals surface area (Å²) < 4.78 is 12.1. The second-order valence-corrected chi connectivity index (χ2v) is 7.47. The zero-order valence-corrected chi connectivity index (χ0v) is 15.8. The first-order chi connectivity index (χ1) is 14.2. The van der Waals surface area contributed by atoms with Gasteiger partial charge in [0.2, 0.25) is 0 Å². The Balaban J connectivity index is 1.46. The number of carbonyl (C=O) groups is 1. The van der Waals surface area contributed by atoms with Crippen molar-refractivity contribution in [3.63, 3.8) is 0 Å². The fourth-order valence-electron chi connectivity index (χ4n) is 4.28. The summed E-state index contributed by atoms with van der Waals surface area (Å²) >= 11 is 0. The highest BCUT2D eigenvalue weighted by Gasteiger charge is 2.36. The van der Waals surface area contributed by atoms with E-state index < -0.39 is 0 Å². The molecule has 2 aliphatic heterocycles. The van der Waals surface area contributed by atoms with Gasteiger partial charge in [0, 0.05) is 17.9 Å². The Bertz CT molecular complexity index is 1140. The van der Waals surface area contributed by atoms with Crippen LogP contribution in [0.25, 0.3) is 11.1 Å². The van der Waals surface area contributed by atoms with E-state index in [0.29, 0.717) is 29.9 Å². The Labute approximate surface area is 169 Å². The molecule has 3 aromatic rings. The number of ether oxygens (including phenoxy) is 2. The SMILES string of the molecule is N#Cc1cccc(-c2ccc3c(c2)C(=O)CC(C2CCOc4ccccc42)O3)c1. The molecular formula is C25H19NO3. The summed E-state index contributed by atoms with van der Waals surface area (Å²) in [6.45, 7) is 0.636. The van der Waals surface area contributed by atoms with Crippen molar-refractivity contribution in [2.75, 3.05) is 6.61 Å². The van der Waals surface area contributed by atoms with E-state index in [9.17, 15) is 4.79 Å². The highest BCUT2D eigenvalue weighted by molar-refractivity contribution is 6.01. The number of Topliss-reactive ketones (excluding diaryl/α,β-unsaturated/α-hetero) is 1. The summed E-state index contributed by atoms with van der Waals surface area (Å²) in [5, 5.41) is 9.13. The molecule has 0 N–H and O–H groups in total. The van der Waals surface area contributed by atoms with Gasteiger partial charge < -0.3 is 9.47 Å². The largest absolute Gasteiger partial charge is 0.493 e. The Morgan fingerprint density at radius 2 is 1.79 bits per heavy atom. The number of carbonyl (C=O) groups excluding carboxylic acids is 1. The molecule has 29 heavy (non-hydrogen) atoms. The fraction of sp³-hybridized carbons (Fsp3) is 0.200. The molecule has 0 saturated carbocycles. The predicted molar refractivity (Wildman–Crippen MR) is 109 cm³/mol. The Morgan fingerprint density at radius 3 is 2.69 bits per heavy atom. The monoisotopic (exact) mass is 381 g/mol. The van der Waals surface area contributed by atoms with Gasteiger partial charge in [-0.15, -0.1) is 0 Å². The van der Waals surface area contributed by atoms with Crippen LogP contribution in [0.5, 0.6) is 11.5 Å². The summed E-state index contributed by atoms with van der Waals surface area (Å²) in [5.41, 5.74) is 4.15. The van der Waals surface area contributed by atoms with Gasteiger partial charge in [0.1, 0.15) is 17.6 Å². The van der Waals surface area contributed by atoms with Crippen LogP contribution in [0, 0.1) is 11.3 Å². The van der Waals surface area contributed by atoms with Crippen molar-refractivity contribution in [3.8, 4) is 28.7 Å². The molecule has 3 aromatic carbocycles. The highest BCUT2D eigenvalue weighted by Crippen LogP contribution is 2.41. The first-order valence-electron chi connectivity index (χ1n) is 9.79. The topological polar surface area (TPSA) is 59.3 Å². The van der Waals surface area contributed by atoms with Gasteiger partial charge in [-0.05, 0) is 47.9 Å². The van der Waals surface area contributed by atoms with Crippen LogP contribution < -0.4 is 9.47 Å². The number of fused-ring (bicyclic) bond motifs is 2. The average molecular weight is 381 g/mol. The first-order valence-corrected chi connectivity index (χ1v) is 9.79. The number of nitrogens with zero attached hydrogens (tertiary/aromatic N) is 1. The summed E-state index contributed by atoms with van der Waals surface area (Å²) in [6.07, 6.45) is 1.00. The van der Waals surface area contributed by atoms with Crippen molar-refractivity contribution in [1.82, 2.24) is 0 Å². The van der Waals surface area contributed by atoms with Gasteiger partial charge in [-0.2, -0.15) is 5.26 Å². The van der Waals surface area contributed by atoms with Gasteiger partial charge in [0.05, 0.1) is 23.8 Å². The summed E-state index contributed by atoms with van der Waals surface area (Å²) in [6, 6.07) is 23.3. The molecule has 4 nitrogen and oxygen atoms in total. The minimum absolute atomic E-state index is 0.0958. The lowest BCUT2D eigenvalue weighted by Gasteiger charge is -2.35. The minimum atomic E-state index is -0.187. The quantitative estimate of drug-likeness (QED) is 0.618. The van der Waals surface area contributed by atoms with Crippen molar-refractivity contribution >= 4 is 5.78 Å². The van der Waals surface area contributed by atoms with Crippen LogP contribution in [0.4, 0.5) is 0 Å². The molecule has 0 saturated heterocycles. The number of benzene rings is 3. The lowest BCUT2D eigenvalue weighted by atomic mass is 9.83. The van der Waals surface area contributed by atoms with E-state index in [1.54, 1.807) is 6.07 Å². The van der Waals surface area contributed by atoms with E-state index >= 15 is 0 Å². The third-order valence-electron chi connectivity index (χ3n) is 5.72. The van der Waals surface area contributed by atoms with Crippen LogP contribution in [-0.2, 0) is 0 Å². The molecule has 0 aliphatic carbocycles. The third kappa shape index (κ3) is 3.15. The van der Waals surface area contributed by atoms with Crippen LogP contribution >= 0.6 is 0 Å². The second-order valence-electron chi connectivity index (χ2n) is 7.47. The second kappa shape index (κ2) is 7.10. The molecule has 4 heteroatoms. The first kappa shape index (κ1) is 17.5. The lowest BCUT2D eigenvalue weighted by Crippen LogP contribution is -2.35. The van der Waals surface area contributed by atoms with Gasteiger partial charge in [-0.1, -0.05) is 36.4 Å². The van der Waals surface area contributed by atoms with Crippen LogP contribution in [0.15, 0.2) is 66.7 Å². The Kier molecular flexibility index (Phi) is 4.29. The van der Waals surface area contributed by atoms with Crippen molar-refractivity contribution in [2.24, 2.45) is 0 Å². The standard InChI is InChI=1S/C25H19NO3/c26-15-16-4-3-5-17(12-16)18-8-9-24-21(13-18)22(27)14-25(29-24)20-10-11-28-23-7-2-1-6-19(20)23/h1-9,12-13,20,25H,10-11,14H2. The highest BCUT2D eigenvalue weighted by atomic mass is 16.5. The molecule has 0 spiro atoms. The zero-order valence-electron chi connectivity index (χ0n) is 15.8. The molecule has 0 radical (unpaired) electrons. The fourth-order valence-corrected chi connectivity index (χ4v) is 4.28. The van der Waals surface area contributed by atoms with E-state index in [-0.39, 0.29) is 17.8 Å². The van der Waals surface area contributed by atoms with Crippen molar-refractivity contribution in [1.29, 1.82) is 5.26 Å². The number of rotatable bonds is 2. The van der Waals surface area contributed by atoms with E-state index in [1.165, 1.54) is 0 Å². The summed E-state index contributed by atoms with van der Waals surface area (Å²) in [7, 11) is 0. The number of nitriles is 1. The van der Waals surface area contributed by atoms with Gasteiger partial charge in [0.25, 0.3) is 0 Å². The molecule has 5 rings (SSSR count). The van der Waals surface area contributed by atoms with E-state index in [0.717, 1.165) is 28.9 Å². The van der Waals surface area contributed by atoms with Crippen LogP contribution in [0.2, 0.25) is 0 Å². The number of ketones is 1. The molecule has 0 amide bonds. The van der Waals surface area contributed by atoms with Gasteiger partial charge in [-0.3, -0.25) is 4.79 Å². The molecule has 0 bridgehead atoms. The van der Waals surface area contributed by atoms with Crippen LogP contribution in [0.1, 0.15) is 40.2 Å². The number of hydrogen-bond donors (Lipinski definition) is 0. The number of hydrogen-bond acceptors (Lipinski definition) is 4. The maximum Gasteiger partial charge on any atom is 0.170 e. The molecular weight excluding hydrogens is 362 g/mol. The summed E-state index contributed by atoms with van der Waals surface area (Å²) in [5.74, 6) is 1.76. The average Bonchev–Trinajstić information content (AvgIpc) is 2.78. The molecule has 0 fully saturated rings. The zero-order chi connectivity index (χ0) is 19.8. The van der Waals surface area contributed by atoms with E-state index in [4.69, 9.17) is 14.7 Å². The maximum absolute atomic E-state index is 13.0.